The highest BCUT2D eigenvalue weighted by Crippen LogP contribution is 2.26. The fourth-order valence-corrected chi connectivity index (χ4v) is 3.23. The third-order valence-corrected chi connectivity index (χ3v) is 4.52. The van der Waals surface area contributed by atoms with Crippen molar-refractivity contribution in [3.05, 3.63) is 66.0 Å². The number of nitrogens with zero attached hydrogens (tertiary/aromatic N) is 3. The minimum atomic E-state index is 0.131. The molecule has 4 rings (SSSR count). The molecular formula is C19H21N3O. The van der Waals surface area contributed by atoms with E-state index in [1.165, 1.54) is 11.1 Å². The Morgan fingerprint density at radius 3 is 2.91 bits per heavy atom. The highest BCUT2D eigenvalue weighted by Gasteiger charge is 2.22. The zero-order chi connectivity index (χ0) is 15.6. The normalized spacial score (nSPS) is 19.3. The van der Waals surface area contributed by atoms with Crippen LogP contribution in [-0.4, -0.2) is 34.1 Å². The van der Waals surface area contributed by atoms with E-state index in [2.05, 4.69) is 63.0 Å². The maximum absolute atomic E-state index is 6.03. The van der Waals surface area contributed by atoms with Crippen LogP contribution in [0.25, 0.3) is 11.0 Å². The molecule has 0 radical (unpaired) electrons. The number of imidazole rings is 1. The fourth-order valence-electron chi connectivity index (χ4n) is 3.23. The van der Waals surface area contributed by atoms with Gasteiger partial charge in [0.25, 0.3) is 0 Å². The number of hydrogen-bond donors (Lipinski definition) is 0. The van der Waals surface area contributed by atoms with Gasteiger partial charge in [-0.2, -0.15) is 0 Å². The van der Waals surface area contributed by atoms with Crippen molar-refractivity contribution in [3.63, 3.8) is 0 Å². The Morgan fingerprint density at radius 1 is 1.17 bits per heavy atom. The average molecular weight is 307 g/mol. The zero-order valence-electron chi connectivity index (χ0n) is 13.4. The minimum Gasteiger partial charge on any atom is -0.371 e. The summed E-state index contributed by atoms with van der Waals surface area (Å²) in [5, 5.41) is 0. The lowest BCUT2D eigenvalue weighted by Crippen LogP contribution is -2.37. The van der Waals surface area contributed by atoms with E-state index in [4.69, 9.17) is 4.74 Å². The van der Waals surface area contributed by atoms with Gasteiger partial charge < -0.3 is 9.30 Å². The predicted octanol–water partition coefficient (Wildman–Crippen LogP) is 3.15. The smallest absolute Gasteiger partial charge is 0.0955 e. The van der Waals surface area contributed by atoms with E-state index < -0.39 is 0 Å². The van der Waals surface area contributed by atoms with Crippen molar-refractivity contribution in [3.8, 4) is 0 Å². The second-order valence-electron chi connectivity index (χ2n) is 6.18. The standard InChI is InChI=1S/C19H21N3O/c1-21-14-20-17-8-7-16(11-18(17)21)19-13-22(9-10-23-19)12-15-5-3-2-4-6-15/h2-8,11,14,19H,9-10,12-13H2,1H3. The Morgan fingerprint density at radius 2 is 2.04 bits per heavy atom. The number of morpholine rings is 1. The molecule has 1 aliphatic rings. The number of fused-ring (bicyclic) bond motifs is 1. The van der Waals surface area contributed by atoms with Crippen LogP contribution in [0.2, 0.25) is 0 Å². The van der Waals surface area contributed by atoms with E-state index in [-0.39, 0.29) is 6.10 Å². The molecule has 4 heteroatoms. The number of benzene rings is 2. The molecule has 0 aliphatic carbocycles. The molecule has 118 valence electrons. The summed E-state index contributed by atoms with van der Waals surface area (Å²) in [4.78, 5) is 6.86. The molecule has 1 saturated heterocycles. The van der Waals surface area contributed by atoms with Crippen LogP contribution < -0.4 is 0 Å². The summed E-state index contributed by atoms with van der Waals surface area (Å²) in [6, 6.07) is 17.1. The van der Waals surface area contributed by atoms with E-state index in [0.29, 0.717) is 0 Å². The van der Waals surface area contributed by atoms with Crippen molar-refractivity contribution in [2.45, 2.75) is 12.6 Å². The van der Waals surface area contributed by atoms with Gasteiger partial charge in [0.2, 0.25) is 0 Å². The summed E-state index contributed by atoms with van der Waals surface area (Å²) in [5.74, 6) is 0. The monoisotopic (exact) mass is 307 g/mol. The van der Waals surface area contributed by atoms with Gasteiger partial charge in [-0.15, -0.1) is 0 Å². The summed E-state index contributed by atoms with van der Waals surface area (Å²) in [6.07, 6.45) is 1.99. The molecule has 0 bridgehead atoms. The van der Waals surface area contributed by atoms with Crippen molar-refractivity contribution in [1.82, 2.24) is 14.5 Å². The Labute approximate surface area is 136 Å². The van der Waals surface area contributed by atoms with Crippen molar-refractivity contribution in [2.24, 2.45) is 7.05 Å². The Bertz CT molecular complexity index is 797. The first-order valence-corrected chi connectivity index (χ1v) is 8.08. The Hall–Kier alpha value is -2.17. The molecule has 2 aromatic carbocycles. The van der Waals surface area contributed by atoms with Gasteiger partial charge in [-0.1, -0.05) is 36.4 Å². The largest absolute Gasteiger partial charge is 0.371 e. The zero-order valence-corrected chi connectivity index (χ0v) is 13.4. The van der Waals surface area contributed by atoms with E-state index in [0.717, 1.165) is 37.3 Å². The molecule has 3 aromatic rings. The van der Waals surface area contributed by atoms with E-state index in [1.807, 2.05) is 13.4 Å². The lowest BCUT2D eigenvalue weighted by atomic mass is 10.1. The third-order valence-electron chi connectivity index (χ3n) is 4.52. The number of rotatable bonds is 3. The summed E-state index contributed by atoms with van der Waals surface area (Å²) in [7, 11) is 2.03. The van der Waals surface area contributed by atoms with Crippen LogP contribution in [0.1, 0.15) is 17.2 Å². The van der Waals surface area contributed by atoms with Crippen LogP contribution in [-0.2, 0) is 18.3 Å². The topological polar surface area (TPSA) is 30.3 Å². The molecule has 1 unspecified atom stereocenters. The third kappa shape index (κ3) is 3.00. The number of ether oxygens (including phenoxy) is 1. The van der Waals surface area contributed by atoms with Gasteiger partial charge in [0.1, 0.15) is 0 Å². The molecule has 1 aliphatic heterocycles. The van der Waals surface area contributed by atoms with Crippen LogP contribution >= 0.6 is 0 Å². The first-order valence-electron chi connectivity index (χ1n) is 8.08. The van der Waals surface area contributed by atoms with Gasteiger partial charge in [-0.05, 0) is 23.3 Å². The fraction of sp³-hybridized carbons (Fsp3) is 0.316. The van der Waals surface area contributed by atoms with Crippen LogP contribution in [0.5, 0.6) is 0 Å². The Kier molecular flexibility index (Phi) is 3.85. The molecular weight excluding hydrogens is 286 g/mol. The van der Waals surface area contributed by atoms with Gasteiger partial charge in [0, 0.05) is 26.7 Å². The molecule has 0 saturated carbocycles. The Balaban J connectivity index is 1.52. The number of aromatic nitrogens is 2. The number of hydrogen-bond acceptors (Lipinski definition) is 3. The van der Waals surface area contributed by atoms with Gasteiger partial charge in [0.05, 0.1) is 30.1 Å². The molecule has 1 atom stereocenters. The van der Waals surface area contributed by atoms with Crippen molar-refractivity contribution in [2.75, 3.05) is 19.7 Å². The molecule has 1 aromatic heterocycles. The van der Waals surface area contributed by atoms with Crippen LogP contribution in [0.4, 0.5) is 0 Å². The first-order chi connectivity index (χ1) is 11.3. The molecule has 0 amide bonds. The van der Waals surface area contributed by atoms with Gasteiger partial charge in [-0.3, -0.25) is 4.90 Å². The second-order valence-corrected chi connectivity index (χ2v) is 6.18. The van der Waals surface area contributed by atoms with Gasteiger partial charge in [-0.25, -0.2) is 4.98 Å². The van der Waals surface area contributed by atoms with E-state index in [1.54, 1.807) is 0 Å². The maximum atomic E-state index is 6.03. The highest BCUT2D eigenvalue weighted by molar-refractivity contribution is 5.76. The van der Waals surface area contributed by atoms with Gasteiger partial charge in [0.15, 0.2) is 0 Å². The molecule has 0 spiro atoms. The lowest BCUT2D eigenvalue weighted by molar-refractivity contribution is -0.0328. The van der Waals surface area contributed by atoms with E-state index >= 15 is 0 Å². The van der Waals surface area contributed by atoms with Crippen LogP contribution in [0, 0.1) is 0 Å². The van der Waals surface area contributed by atoms with E-state index in [9.17, 15) is 0 Å². The summed E-state index contributed by atoms with van der Waals surface area (Å²) in [5.41, 5.74) is 4.79. The van der Waals surface area contributed by atoms with Crippen molar-refractivity contribution in [1.29, 1.82) is 0 Å². The molecule has 2 heterocycles. The molecule has 0 N–H and O–H groups in total. The minimum absolute atomic E-state index is 0.131. The number of aryl methyl sites for hydroxylation is 1. The molecule has 1 fully saturated rings. The predicted molar refractivity (Wildman–Crippen MR) is 91.1 cm³/mol. The quantitative estimate of drug-likeness (QED) is 0.744. The summed E-state index contributed by atoms with van der Waals surface area (Å²) in [6.45, 7) is 3.67. The average Bonchev–Trinajstić information content (AvgIpc) is 2.97. The second kappa shape index (κ2) is 6.14. The maximum Gasteiger partial charge on any atom is 0.0955 e. The summed E-state index contributed by atoms with van der Waals surface area (Å²) < 4.78 is 8.08. The SMILES string of the molecule is Cn1cnc2ccc(C3CN(Cc4ccccc4)CCO3)cc21. The first kappa shape index (κ1) is 14.4. The van der Waals surface area contributed by atoms with Crippen LogP contribution in [0.15, 0.2) is 54.9 Å². The van der Waals surface area contributed by atoms with Crippen molar-refractivity contribution < 1.29 is 4.74 Å². The van der Waals surface area contributed by atoms with Crippen LogP contribution in [0.3, 0.4) is 0 Å². The van der Waals surface area contributed by atoms with Crippen molar-refractivity contribution >= 4 is 11.0 Å². The molecule has 23 heavy (non-hydrogen) atoms. The van der Waals surface area contributed by atoms with Gasteiger partial charge >= 0.3 is 0 Å². The lowest BCUT2D eigenvalue weighted by Gasteiger charge is -2.33. The summed E-state index contributed by atoms with van der Waals surface area (Å²) >= 11 is 0. The highest BCUT2D eigenvalue weighted by atomic mass is 16.5. The molecule has 4 nitrogen and oxygen atoms in total.